The zero-order valence-electron chi connectivity index (χ0n) is 8.60. The Morgan fingerprint density at radius 1 is 1.53 bits per heavy atom. The predicted octanol–water partition coefficient (Wildman–Crippen LogP) is 1.45. The number of aliphatic hydroxyl groups is 1. The van der Waals surface area contributed by atoms with Gasteiger partial charge in [0.1, 0.15) is 10.4 Å². The van der Waals surface area contributed by atoms with Gasteiger partial charge in [0.2, 0.25) is 0 Å². The number of anilines is 1. The summed E-state index contributed by atoms with van der Waals surface area (Å²) in [5, 5.41) is 9.49. The van der Waals surface area contributed by atoms with Crippen LogP contribution in [0, 0.1) is 5.92 Å². The normalized spacial score (nSPS) is 23.1. The minimum atomic E-state index is -0.238. The Hall–Kier alpha value is -0.680. The van der Waals surface area contributed by atoms with Gasteiger partial charge in [-0.25, -0.2) is 9.97 Å². The van der Waals surface area contributed by atoms with Crippen molar-refractivity contribution in [2.45, 2.75) is 19.4 Å². The molecule has 0 radical (unpaired) electrons. The fourth-order valence-electron chi connectivity index (χ4n) is 1.86. The van der Waals surface area contributed by atoms with E-state index >= 15 is 0 Å². The van der Waals surface area contributed by atoms with Crippen molar-refractivity contribution in [2.24, 2.45) is 5.92 Å². The average Bonchev–Trinajstić information content (AvgIpc) is 2.68. The minimum Gasteiger partial charge on any atom is -0.393 e. The van der Waals surface area contributed by atoms with Gasteiger partial charge < -0.3 is 10.0 Å². The highest BCUT2D eigenvalue weighted by atomic mass is 79.9. The maximum absolute atomic E-state index is 9.49. The standard InChI is InChI=1S/C10H14BrN3O/c1-7(15)8-2-3-14(6-8)10-5-12-9(11)4-13-10/h4-5,7-8,15H,2-3,6H2,1H3. The molecule has 1 aliphatic heterocycles. The van der Waals surface area contributed by atoms with E-state index in [-0.39, 0.29) is 6.10 Å². The Bertz CT molecular complexity index is 328. The van der Waals surface area contributed by atoms with Crippen molar-refractivity contribution in [3.05, 3.63) is 17.0 Å². The van der Waals surface area contributed by atoms with Gasteiger partial charge in [0.15, 0.2) is 0 Å². The quantitative estimate of drug-likeness (QED) is 0.885. The third kappa shape index (κ3) is 2.46. The largest absolute Gasteiger partial charge is 0.393 e. The van der Waals surface area contributed by atoms with E-state index in [2.05, 4.69) is 30.8 Å². The van der Waals surface area contributed by atoms with E-state index in [9.17, 15) is 5.11 Å². The van der Waals surface area contributed by atoms with Crippen molar-refractivity contribution < 1.29 is 5.11 Å². The lowest BCUT2D eigenvalue weighted by atomic mass is 10.0. The summed E-state index contributed by atoms with van der Waals surface area (Å²) in [4.78, 5) is 10.6. The van der Waals surface area contributed by atoms with Crippen LogP contribution in [0.2, 0.25) is 0 Å². The number of halogens is 1. The van der Waals surface area contributed by atoms with Gasteiger partial charge in [-0.2, -0.15) is 0 Å². The fourth-order valence-corrected chi connectivity index (χ4v) is 2.06. The Morgan fingerprint density at radius 3 is 2.87 bits per heavy atom. The number of nitrogens with zero attached hydrogens (tertiary/aromatic N) is 3. The van der Waals surface area contributed by atoms with Gasteiger partial charge in [0, 0.05) is 19.0 Å². The van der Waals surface area contributed by atoms with Crippen LogP contribution in [-0.2, 0) is 0 Å². The van der Waals surface area contributed by atoms with Crippen LogP contribution in [0.4, 0.5) is 5.82 Å². The van der Waals surface area contributed by atoms with Crippen LogP contribution in [0.5, 0.6) is 0 Å². The van der Waals surface area contributed by atoms with Gasteiger partial charge >= 0.3 is 0 Å². The molecule has 0 amide bonds. The predicted molar refractivity (Wildman–Crippen MR) is 61.7 cm³/mol. The Morgan fingerprint density at radius 2 is 2.33 bits per heavy atom. The van der Waals surface area contributed by atoms with Crippen LogP contribution in [0.25, 0.3) is 0 Å². The minimum absolute atomic E-state index is 0.238. The van der Waals surface area contributed by atoms with Gasteiger partial charge in [-0.3, -0.25) is 0 Å². The van der Waals surface area contributed by atoms with Gasteiger partial charge in [0.05, 0.1) is 18.5 Å². The summed E-state index contributed by atoms with van der Waals surface area (Å²) in [5.74, 6) is 1.25. The van der Waals surface area contributed by atoms with Gasteiger partial charge in [-0.1, -0.05) is 0 Å². The summed E-state index contributed by atoms with van der Waals surface area (Å²) in [5.41, 5.74) is 0. The molecule has 1 N–H and O–H groups in total. The molecule has 1 saturated heterocycles. The highest BCUT2D eigenvalue weighted by Crippen LogP contribution is 2.24. The Balaban J connectivity index is 2.04. The summed E-state index contributed by atoms with van der Waals surface area (Å²) in [6.45, 7) is 3.67. The van der Waals surface area contributed by atoms with E-state index in [1.165, 1.54) is 0 Å². The second-order valence-electron chi connectivity index (χ2n) is 3.93. The zero-order valence-corrected chi connectivity index (χ0v) is 10.2. The van der Waals surface area contributed by atoms with Crippen molar-refractivity contribution in [3.63, 3.8) is 0 Å². The Labute approximate surface area is 97.5 Å². The van der Waals surface area contributed by atoms with Crippen LogP contribution in [0.15, 0.2) is 17.0 Å². The summed E-state index contributed by atoms with van der Waals surface area (Å²) in [6, 6.07) is 0. The van der Waals surface area contributed by atoms with Crippen molar-refractivity contribution in [1.29, 1.82) is 0 Å². The first-order valence-corrected chi connectivity index (χ1v) is 5.86. The van der Waals surface area contributed by atoms with E-state index in [0.29, 0.717) is 5.92 Å². The first-order chi connectivity index (χ1) is 7.16. The van der Waals surface area contributed by atoms with E-state index in [0.717, 1.165) is 29.9 Å². The molecule has 2 rings (SSSR count). The molecular weight excluding hydrogens is 258 g/mol. The highest BCUT2D eigenvalue weighted by Gasteiger charge is 2.26. The maximum Gasteiger partial charge on any atom is 0.147 e. The maximum atomic E-state index is 9.49. The molecule has 0 saturated carbocycles. The smallest absolute Gasteiger partial charge is 0.147 e. The number of hydrogen-bond donors (Lipinski definition) is 1. The van der Waals surface area contributed by atoms with Crippen molar-refractivity contribution >= 4 is 21.7 Å². The first-order valence-electron chi connectivity index (χ1n) is 5.07. The van der Waals surface area contributed by atoms with Gasteiger partial charge in [0.25, 0.3) is 0 Å². The van der Waals surface area contributed by atoms with Crippen LogP contribution >= 0.6 is 15.9 Å². The number of aromatic nitrogens is 2. The van der Waals surface area contributed by atoms with Crippen LogP contribution < -0.4 is 4.90 Å². The lowest BCUT2D eigenvalue weighted by Gasteiger charge is -2.17. The molecule has 1 aliphatic rings. The molecule has 15 heavy (non-hydrogen) atoms. The molecule has 5 heteroatoms. The summed E-state index contributed by atoms with van der Waals surface area (Å²) >= 11 is 3.26. The lowest BCUT2D eigenvalue weighted by molar-refractivity contribution is 0.136. The Kier molecular flexibility index (Phi) is 3.21. The zero-order chi connectivity index (χ0) is 10.8. The van der Waals surface area contributed by atoms with Crippen LogP contribution in [-0.4, -0.2) is 34.3 Å². The van der Waals surface area contributed by atoms with E-state index in [4.69, 9.17) is 0 Å². The lowest BCUT2D eigenvalue weighted by Crippen LogP contribution is -2.24. The van der Waals surface area contributed by atoms with Crippen LogP contribution in [0.1, 0.15) is 13.3 Å². The molecule has 0 bridgehead atoms. The third-order valence-corrected chi connectivity index (χ3v) is 3.25. The monoisotopic (exact) mass is 271 g/mol. The fraction of sp³-hybridized carbons (Fsp3) is 0.600. The molecule has 0 spiro atoms. The van der Waals surface area contributed by atoms with Crippen molar-refractivity contribution in [2.75, 3.05) is 18.0 Å². The summed E-state index contributed by atoms with van der Waals surface area (Å²) in [7, 11) is 0. The van der Waals surface area contributed by atoms with Crippen molar-refractivity contribution in [3.8, 4) is 0 Å². The molecular formula is C10H14BrN3O. The molecule has 1 aromatic heterocycles. The topological polar surface area (TPSA) is 49.2 Å². The number of hydrogen-bond acceptors (Lipinski definition) is 4. The molecule has 1 aromatic rings. The number of rotatable bonds is 2. The molecule has 82 valence electrons. The molecule has 4 nitrogen and oxygen atoms in total. The van der Waals surface area contributed by atoms with Crippen molar-refractivity contribution in [1.82, 2.24) is 9.97 Å². The molecule has 2 unspecified atom stereocenters. The van der Waals surface area contributed by atoms with Gasteiger partial charge in [-0.05, 0) is 29.3 Å². The molecule has 2 heterocycles. The number of aliphatic hydroxyl groups excluding tert-OH is 1. The van der Waals surface area contributed by atoms with Gasteiger partial charge in [-0.15, -0.1) is 0 Å². The van der Waals surface area contributed by atoms with E-state index < -0.39 is 0 Å². The third-order valence-electron chi connectivity index (χ3n) is 2.84. The first kappa shape index (κ1) is 10.8. The summed E-state index contributed by atoms with van der Waals surface area (Å²) < 4.78 is 0.748. The molecule has 0 aliphatic carbocycles. The molecule has 0 aromatic carbocycles. The van der Waals surface area contributed by atoms with Crippen LogP contribution in [0.3, 0.4) is 0 Å². The summed E-state index contributed by atoms with van der Waals surface area (Å²) in [6.07, 6.45) is 4.24. The SMILES string of the molecule is CC(O)C1CCN(c2cnc(Br)cn2)C1. The van der Waals surface area contributed by atoms with E-state index in [1.54, 1.807) is 12.4 Å². The second kappa shape index (κ2) is 4.45. The van der Waals surface area contributed by atoms with E-state index in [1.807, 2.05) is 6.92 Å². The average molecular weight is 272 g/mol. The second-order valence-corrected chi connectivity index (χ2v) is 4.75. The highest BCUT2D eigenvalue weighted by molar-refractivity contribution is 9.10. The molecule has 2 atom stereocenters. The molecule has 1 fully saturated rings.